The van der Waals surface area contributed by atoms with E-state index in [1.54, 1.807) is 6.20 Å². The predicted octanol–water partition coefficient (Wildman–Crippen LogP) is 0.544. The lowest BCUT2D eigenvalue weighted by Gasteiger charge is -2.27. The number of aromatic nitrogens is 2. The molecule has 0 aromatic carbocycles. The Morgan fingerprint density at radius 2 is 2.05 bits per heavy atom. The first-order valence-electron chi connectivity index (χ1n) is 7.02. The van der Waals surface area contributed by atoms with Crippen molar-refractivity contribution in [3.63, 3.8) is 0 Å². The second-order valence-electron chi connectivity index (χ2n) is 6.08. The van der Waals surface area contributed by atoms with Crippen LogP contribution in [0.5, 0.6) is 0 Å². The van der Waals surface area contributed by atoms with Gasteiger partial charge < -0.3 is 21.7 Å². The number of nitrogen functional groups attached to an aromatic ring is 1. The van der Waals surface area contributed by atoms with Crippen molar-refractivity contribution in [3.8, 4) is 0 Å². The van der Waals surface area contributed by atoms with E-state index in [9.17, 15) is 0 Å². The van der Waals surface area contributed by atoms with Crippen LogP contribution in [-0.4, -0.2) is 53.3 Å². The Morgan fingerprint density at radius 3 is 2.70 bits per heavy atom. The molecule has 112 valence electrons. The van der Waals surface area contributed by atoms with Crippen LogP contribution in [0.15, 0.2) is 6.20 Å². The summed E-state index contributed by atoms with van der Waals surface area (Å²) in [6.07, 6.45) is 1.64. The van der Waals surface area contributed by atoms with Gasteiger partial charge in [0.05, 0.1) is 18.6 Å². The summed E-state index contributed by atoms with van der Waals surface area (Å²) in [5.74, 6) is 1.28. The highest BCUT2D eigenvalue weighted by Gasteiger charge is 2.14. The molecule has 1 fully saturated rings. The van der Waals surface area contributed by atoms with Gasteiger partial charge in [0.1, 0.15) is 0 Å². The molecular weight excluding hydrogens is 254 g/mol. The number of hydrogen-bond donors (Lipinski definition) is 4. The summed E-state index contributed by atoms with van der Waals surface area (Å²) in [5, 5.41) is 9.87. The van der Waals surface area contributed by atoms with Gasteiger partial charge >= 0.3 is 0 Å². The van der Waals surface area contributed by atoms with E-state index in [2.05, 4.69) is 51.6 Å². The van der Waals surface area contributed by atoms with Gasteiger partial charge in [-0.2, -0.15) is 4.98 Å². The van der Waals surface area contributed by atoms with Gasteiger partial charge in [0.15, 0.2) is 5.82 Å². The van der Waals surface area contributed by atoms with Crippen LogP contribution in [-0.2, 0) is 0 Å². The van der Waals surface area contributed by atoms with Crippen molar-refractivity contribution in [1.29, 1.82) is 0 Å². The second kappa shape index (κ2) is 6.23. The molecule has 7 heteroatoms. The molecule has 0 saturated carbocycles. The predicted molar refractivity (Wildman–Crippen MR) is 82.8 cm³/mol. The fraction of sp³-hybridized carbons (Fsp3) is 0.692. The largest absolute Gasteiger partial charge is 0.394 e. The standard InChI is InChI=1S/C13H25N7/c1-13(2,3)19-12-16-8-10(14)11(18-12)17-9-20-6-4-15-5-7-20/h8,15H,4-7,9,14H2,1-3H3,(H2,16,17,18,19). The molecule has 7 nitrogen and oxygen atoms in total. The van der Waals surface area contributed by atoms with Crippen molar-refractivity contribution in [3.05, 3.63) is 6.20 Å². The molecule has 1 aliphatic rings. The fourth-order valence-electron chi connectivity index (χ4n) is 1.98. The molecule has 2 rings (SSSR count). The molecule has 20 heavy (non-hydrogen) atoms. The third-order valence-corrected chi connectivity index (χ3v) is 2.98. The van der Waals surface area contributed by atoms with E-state index in [0.29, 0.717) is 17.5 Å². The Bertz CT molecular complexity index is 435. The van der Waals surface area contributed by atoms with E-state index in [0.717, 1.165) is 32.8 Å². The summed E-state index contributed by atoms with van der Waals surface area (Å²) in [6, 6.07) is 0. The van der Waals surface area contributed by atoms with Gasteiger partial charge in [-0.05, 0) is 20.8 Å². The van der Waals surface area contributed by atoms with Crippen LogP contribution in [0.2, 0.25) is 0 Å². The quantitative estimate of drug-likeness (QED) is 0.639. The highest BCUT2D eigenvalue weighted by atomic mass is 15.3. The Labute approximate surface area is 120 Å². The van der Waals surface area contributed by atoms with Crippen LogP contribution >= 0.6 is 0 Å². The summed E-state index contributed by atoms with van der Waals surface area (Å²) < 4.78 is 0. The monoisotopic (exact) mass is 279 g/mol. The minimum Gasteiger partial charge on any atom is -0.394 e. The smallest absolute Gasteiger partial charge is 0.225 e. The zero-order valence-corrected chi connectivity index (χ0v) is 12.5. The topological polar surface area (TPSA) is 91.1 Å². The SMILES string of the molecule is CC(C)(C)Nc1ncc(N)c(NCN2CCNCC2)n1. The van der Waals surface area contributed by atoms with Crippen molar-refractivity contribution in [1.82, 2.24) is 20.2 Å². The molecule has 5 N–H and O–H groups in total. The molecule has 0 bridgehead atoms. The van der Waals surface area contributed by atoms with Crippen molar-refractivity contribution < 1.29 is 0 Å². The number of hydrogen-bond acceptors (Lipinski definition) is 7. The van der Waals surface area contributed by atoms with Crippen LogP contribution in [0.4, 0.5) is 17.5 Å². The first-order chi connectivity index (χ1) is 9.44. The lowest BCUT2D eigenvalue weighted by Crippen LogP contribution is -2.45. The van der Waals surface area contributed by atoms with E-state index >= 15 is 0 Å². The van der Waals surface area contributed by atoms with Gasteiger partial charge in [0.2, 0.25) is 5.95 Å². The molecule has 0 aliphatic carbocycles. The van der Waals surface area contributed by atoms with Crippen LogP contribution < -0.4 is 21.7 Å². The number of piperazine rings is 1. The number of anilines is 3. The molecule has 2 heterocycles. The summed E-state index contributed by atoms with van der Waals surface area (Å²) in [5.41, 5.74) is 6.41. The van der Waals surface area contributed by atoms with Crippen molar-refractivity contribution in [2.45, 2.75) is 26.3 Å². The summed E-state index contributed by atoms with van der Waals surface area (Å²) in [4.78, 5) is 11.0. The van der Waals surface area contributed by atoms with E-state index in [1.807, 2.05) is 0 Å². The Kier molecular flexibility index (Phi) is 4.61. The maximum Gasteiger partial charge on any atom is 0.225 e. The van der Waals surface area contributed by atoms with Crippen molar-refractivity contribution in [2.24, 2.45) is 0 Å². The maximum atomic E-state index is 5.92. The molecule has 0 amide bonds. The molecule has 1 aliphatic heterocycles. The first kappa shape index (κ1) is 14.8. The second-order valence-corrected chi connectivity index (χ2v) is 6.08. The van der Waals surface area contributed by atoms with Crippen LogP contribution in [0.25, 0.3) is 0 Å². The fourth-order valence-corrected chi connectivity index (χ4v) is 1.98. The normalized spacial score (nSPS) is 16.9. The van der Waals surface area contributed by atoms with E-state index in [1.165, 1.54) is 0 Å². The molecular formula is C13H25N7. The van der Waals surface area contributed by atoms with Crippen molar-refractivity contribution >= 4 is 17.5 Å². The molecule has 0 unspecified atom stereocenters. The number of nitrogens with one attached hydrogen (secondary N) is 3. The zero-order valence-electron chi connectivity index (χ0n) is 12.5. The van der Waals surface area contributed by atoms with Crippen LogP contribution in [0.3, 0.4) is 0 Å². The van der Waals surface area contributed by atoms with Gasteiger partial charge in [0.25, 0.3) is 0 Å². The van der Waals surface area contributed by atoms with E-state index < -0.39 is 0 Å². The van der Waals surface area contributed by atoms with Gasteiger partial charge in [-0.15, -0.1) is 0 Å². The van der Waals surface area contributed by atoms with Crippen molar-refractivity contribution in [2.75, 3.05) is 49.2 Å². The maximum absolute atomic E-state index is 5.92. The lowest BCUT2D eigenvalue weighted by atomic mass is 10.1. The highest BCUT2D eigenvalue weighted by Crippen LogP contribution is 2.18. The zero-order chi connectivity index (χ0) is 14.6. The Balaban J connectivity index is 1.97. The molecule has 1 aromatic heterocycles. The number of nitrogens with two attached hydrogens (primary N) is 1. The Hall–Kier alpha value is -1.60. The van der Waals surface area contributed by atoms with Crippen LogP contribution in [0, 0.1) is 0 Å². The van der Waals surface area contributed by atoms with E-state index in [-0.39, 0.29) is 5.54 Å². The van der Waals surface area contributed by atoms with Gasteiger partial charge in [-0.1, -0.05) is 0 Å². The Morgan fingerprint density at radius 1 is 1.35 bits per heavy atom. The molecule has 1 saturated heterocycles. The van der Waals surface area contributed by atoms with Gasteiger partial charge in [-0.25, -0.2) is 4.98 Å². The average Bonchev–Trinajstić information content (AvgIpc) is 2.39. The summed E-state index contributed by atoms with van der Waals surface area (Å²) in [7, 11) is 0. The third-order valence-electron chi connectivity index (χ3n) is 2.98. The average molecular weight is 279 g/mol. The minimum absolute atomic E-state index is 0.0775. The first-order valence-corrected chi connectivity index (χ1v) is 7.02. The minimum atomic E-state index is -0.0775. The third kappa shape index (κ3) is 4.50. The van der Waals surface area contributed by atoms with Gasteiger partial charge in [0, 0.05) is 31.7 Å². The summed E-state index contributed by atoms with van der Waals surface area (Å²) in [6.45, 7) is 11.1. The highest BCUT2D eigenvalue weighted by molar-refractivity contribution is 5.61. The number of nitrogens with zero attached hydrogens (tertiary/aromatic N) is 3. The number of rotatable bonds is 4. The van der Waals surface area contributed by atoms with Gasteiger partial charge in [-0.3, -0.25) is 4.90 Å². The van der Waals surface area contributed by atoms with Crippen LogP contribution in [0.1, 0.15) is 20.8 Å². The molecule has 1 aromatic rings. The lowest BCUT2D eigenvalue weighted by molar-refractivity contribution is 0.256. The molecule has 0 atom stereocenters. The molecule has 0 radical (unpaired) electrons. The summed E-state index contributed by atoms with van der Waals surface area (Å²) >= 11 is 0. The van der Waals surface area contributed by atoms with E-state index in [4.69, 9.17) is 5.73 Å². The molecule has 0 spiro atoms.